The lowest BCUT2D eigenvalue weighted by Gasteiger charge is -2.18. The van der Waals surface area contributed by atoms with Gasteiger partial charge < -0.3 is 10.4 Å². The van der Waals surface area contributed by atoms with Crippen molar-refractivity contribution in [3.8, 4) is 0 Å². The molecule has 0 aliphatic heterocycles. The Morgan fingerprint density at radius 3 is 2.56 bits per heavy atom. The van der Waals surface area contributed by atoms with E-state index in [1.165, 1.54) is 16.7 Å². The highest BCUT2D eigenvalue weighted by atomic mass is 16.3. The predicted molar refractivity (Wildman–Crippen MR) is 68.6 cm³/mol. The van der Waals surface area contributed by atoms with Gasteiger partial charge in [0.15, 0.2) is 0 Å². The lowest BCUT2D eigenvalue weighted by atomic mass is 10.0. The maximum atomic E-state index is 9.50. The molecule has 2 nitrogen and oxygen atoms in total. The average Bonchev–Trinajstić information content (AvgIpc) is 2.25. The molecule has 0 saturated heterocycles. The number of aryl methyl sites for hydroxylation is 2. The molecule has 0 spiro atoms. The van der Waals surface area contributed by atoms with Crippen LogP contribution in [0.25, 0.3) is 0 Å². The summed E-state index contributed by atoms with van der Waals surface area (Å²) < 4.78 is 0. The van der Waals surface area contributed by atoms with Crippen molar-refractivity contribution in [3.63, 3.8) is 0 Å². The summed E-state index contributed by atoms with van der Waals surface area (Å²) in [7, 11) is 0. The van der Waals surface area contributed by atoms with Gasteiger partial charge in [0.05, 0.1) is 6.10 Å². The maximum Gasteiger partial charge on any atom is 0.0662 e. The van der Waals surface area contributed by atoms with Crippen molar-refractivity contribution in [1.29, 1.82) is 0 Å². The minimum Gasteiger partial charge on any atom is -0.392 e. The van der Waals surface area contributed by atoms with Crippen LogP contribution in [0.1, 0.15) is 43.0 Å². The molecule has 0 saturated carbocycles. The monoisotopic (exact) mass is 221 g/mol. The van der Waals surface area contributed by atoms with E-state index < -0.39 is 0 Å². The summed E-state index contributed by atoms with van der Waals surface area (Å²) in [5.74, 6) is 0. The minimum atomic E-state index is -0.242. The molecule has 1 aromatic carbocycles. The van der Waals surface area contributed by atoms with Crippen LogP contribution in [0.2, 0.25) is 0 Å². The molecule has 0 fully saturated rings. The molecule has 2 atom stereocenters. The van der Waals surface area contributed by atoms with Gasteiger partial charge in [-0.2, -0.15) is 0 Å². The van der Waals surface area contributed by atoms with Crippen LogP contribution in [0.3, 0.4) is 0 Å². The van der Waals surface area contributed by atoms with Crippen LogP contribution < -0.4 is 5.32 Å². The Morgan fingerprint density at radius 1 is 1.31 bits per heavy atom. The number of hydrogen-bond acceptors (Lipinski definition) is 2. The summed E-state index contributed by atoms with van der Waals surface area (Å²) in [6.07, 6.45) is 0.556. The fourth-order valence-electron chi connectivity index (χ4n) is 1.88. The van der Waals surface area contributed by atoms with Gasteiger partial charge in [0.2, 0.25) is 0 Å². The van der Waals surface area contributed by atoms with Crippen LogP contribution in [0.15, 0.2) is 18.2 Å². The van der Waals surface area contributed by atoms with E-state index in [-0.39, 0.29) is 6.10 Å². The molecule has 1 aromatic rings. The number of rotatable bonds is 5. The number of aliphatic hydroxyl groups excluding tert-OH is 1. The normalized spacial score (nSPS) is 14.8. The third-order valence-electron chi connectivity index (χ3n) is 3.02. The summed E-state index contributed by atoms with van der Waals surface area (Å²) in [5.41, 5.74) is 3.92. The fraction of sp³-hybridized carbons (Fsp3) is 0.571. The van der Waals surface area contributed by atoms with Gasteiger partial charge in [0.25, 0.3) is 0 Å². The Morgan fingerprint density at radius 2 is 2.00 bits per heavy atom. The van der Waals surface area contributed by atoms with E-state index in [0.29, 0.717) is 12.6 Å². The first-order valence-corrected chi connectivity index (χ1v) is 6.03. The molecule has 0 aromatic heterocycles. The molecule has 0 aliphatic rings. The molecular weight excluding hydrogens is 198 g/mol. The Balaban J connectivity index is 2.62. The third-order valence-corrected chi connectivity index (χ3v) is 3.02. The highest BCUT2D eigenvalue weighted by molar-refractivity contribution is 5.32. The average molecular weight is 221 g/mol. The standard InChI is InChI=1S/C14H23NO/c1-5-13(16)9-15-12(4)14-7-6-10(2)8-11(14)3/h6-8,12-13,15-16H,5,9H2,1-4H3. The molecule has 2 heteroatoms. The van der Waals surface area contributed by atoms with Crippen molar-refractivity contribution in [1.82, 2.24) is 5.32 Å². The number of aliphatic hydroxyl groups is 1. The largest absolute Gasteiger partial charge is 0.392 e. The SMILES string of the molecule is CCC(O)CNC(C)c1ccc(C)cc1C. The second kappa shape index (κ2) is 6.02. The predicted octanol–water partition coefficient (Wildman–Crippen LogP) is 2.72. The van der Waals surface area contributed by atoms with Gasteiger partial charge in [0.1, 0.15) is 0 Å². The smallest absolute Gasteiger partial charge is 0.0662 e. The van der Waals surface area contributed by atoms with Crippen LogP contribution in [0.5, 0.6) is 0 Å². The van der Waals surface area contributed by atoms with E-state index in [1.54, 1.807) is 0 Å². The third kappa shape index (κ3) is 3.62. The Bertz CT molecular complexity index is 336. The van der Waals surface area contributed by atoms with Gasteiger partial charge in [-0.25, -0.2) is 0 Å². The number of hydrogen-bond donors (Lipinski definition) is 2. The van der Waals surface area contributed by atoms with Crippen molar-refractivity contribution in [2.24, 2.45) is 0 Å². The first-order valence-electron chi connectivity index (χ1n) is 6.03. The van der Waals surface area contributed by atoms with Gasteiger partial charge in [-0.3, -0.25) is 0 Å². The van der Waals surface area contributed by atoms with Crippen LogP contribution in [0, 0.1) is 13.8 Å². The molecule has 0 aliphatic carbocycles. The van der Waals surface area contributed by atoms with E-state index in [1.807, 2.05) is 6.92 Å². The molecule has 0 amide bonds. The van der Waals surface area contributed by atoms with Crippen molar-refractivity contribution in [2.75, 3.05) is 6.54 Å². The first kappa shape index (κ1) is 13.2. The highest BCUT2D eigenvalue weighted by Crippen LogP contribution is 2.18. The van der Waals surface area contributed by atoms with Crippen molar-refractivity contribution < 1.29 is 5.11 Å². The van der Waals surface area contributed by atoms with Gasteiger partial charge in [-0.05, 0) is 38.3 Å². The van der Waals surface area contributed by atoms with E-state index in [9.17, 15) is 5.11 Å². The molecule has 16 heavy (non-hydrogen) atoms. The van der Waals surface area contributed by atoms with Crippen molar-refractivity contribution in [2.45, 2.75) is 46.3 Å². The number of nitrogens with one attached hydrogen (secondary N) is 1. The van der Waals surface area contributed by atoms with E-state index >= 15 is 0 Å². The summed E-state index contributed by atoms with van der Waals surface area (Å²) >= 11 is 0. The fourth-order valence-corrected chi connectivity index (χ4v) is 1.88. The van der Waals surface area contributed by atoms with Gasteiger partial charge in [-0.1, -0.05) is 30.7 Å². The summed E-state index contributed by atoms with van der Waals surface area (Å²) in [5, 5.41) is 12.9. The maximum absolute atomic E-state index is 9.50. The summed E-state index contributed by atoms with van der Waals surface area (Å²) in [6, 6.07) is 6.79. The van der Waals surface area contributed by atoms with E-state index in [0.717, 1.165) is 6.42 Å². The molecular formula is C14H23NO. The first-order chi connectivity index (χ1) is 7.54. The zero-order valence-electron chi connectivity index (χ0n) is 10.7. The lowest BCUT2D eigenvalue weighted by Crippen LogP contribution is -2.28. The number of benzene rings is 1. The lowest BCUT2D eigenvalue weighted by molar-refractivity contribution is 0.163. The van der Waals surface area contributed by atoms with Crippen LogP contribution in [-0.2, 0) is 0 Å². The van der Waals surface area contributed by atoms with Crippen molar-refractivity contribution in [3.05, 3.63) is 34.9 Å². The Kier molecular flexibility index (Phi) is 4.97. The van der Waals surface area contributed by atoms with Crippen LogP contribution >= 0.6 is 0 Å². The molecule has 1 rings (SSSR count). The van der Waals surface area contributed by atoms with Gasteiger partial charge in [-0.15, -0.1) is 0 Å². The van der Waals surface area contributed by atoms with Gasteiger partial charge >= 0.3 is 0 Å². The quantitative estimate of drug-likeness (QED) is 0.801. The van der Waals surface area contributed by atoms with Crippen molar-refractivity contribution >= 4 is 0 Å². The molecule has 0 radical (unpaired) electrons. The minimum absolute atomic E-state index is 0.242. The Labute approximate surface area is 98.7 Å². The van der Waals surface area contributed by atoms with Gasteiger partial charge in [0, 0.05) is 12.6 Å². The zero-order valence-corrected chi connectivity index (χ0v) is 10.7. The van der Waals surface area contributed by atoms with E-state index in [2.05, 4.69) is 44.3 Å². The summed E-state index contributed by atoms with van der Waals surface area (Å²) in [6.45, 7) is 9.03. The molecule has 0 heterocycles. The summed E-state index contributed by atoms with van der Waals surface area (Å²) in [4.78, 5) is 0. The topological polar surface area (TPSA) is 32.3 Å². The molecule has 0 bridgehead atoms. The molecule has 90 valence electrons. The highest BCUT2D eigenvalue weighted by Gasteiger charge is 2.09. The second-order valence-corrected chi connectivity index (χ2v) is 4.55. The zero-order chi connectivity index (χ0) is 12.1. The van der Waals surface area contributed by atoms with E-state index in [4.69, 9.17) is 0 Å². The molecule has 2 N–H and O–H groups in total. The Hall–Kier alpha value is -0.860. The van der Waals surface area contributed by atoms with Crippen LogP contribution in [0.4, 0.5) is 0 Å². The van der Waals surface area contributed by atoms with Crippen LogP contribution in [-0.4, -0.2) is 17.8 Å². The second-order valence-electron chi connectivity index (χ2n) is 4.55. The molecule has 2 unspecified atom stereocenters.